The molecular weight excluding hydrogens is 303 g/mol. The maximum absolute atomic E-state index is 12.8. The highest BCUT2D eigenvalue weighted by molar-refractivity contribution is 5.95. The molecule has 1 N–H and O–H groups in total. The first kappa shape index (κ1) is 15.8. The van der Waals surface area contributed by atoms with Crippen LogP contribution in [0.1, 0.15) is 25.7 Å². The number of hydrogen-bond donors (Lipinski definition) is 1. The zero-order chi connectivity index (χ0) is 16.4. The highest BCUT2D eigenvalue weighted by Gasteiger charge is 2.43. The van der Waals surface area contributed by atoms with Gasteiger partial charge < -0.3 is 5.32 Å². The zero-order valence-corrected chi connectivity index (χ0v) is 12.6. The lowest BCUT2D eigenvalue weighted by Gasteiger charge is -2.29. The number of carbonyl (C=O) groups is 1. The molecule has 1 amide bonds. The predicted molar refractivity (Wildman–Crippen MR) is 84.1 cm³/mol. The molecule has 0 heterocycles. The molecule has 2 atom stereocenters. The van der Waals surface area contributed by atoms with Gasteiger partial charge in [-0.25, -0.2) is 0 Å². The van der Waals surface area contributed by atoms with E-state index in [0.29, 0.717) is 18.5 Å². The molecule has 0 saturated heterocycles. The van der Waals surface area contributed by atoms with Crippen LogP contribution < -0.4 is 5.32 Å². The van der Waals surface area contributed by atoms with Crippen LogP contribution in [-0.2, 0) is 4.79 Å². The van der Waals surface area contributed by atoms with E-state index in [1.807, 2.05) is 36.4 Å². The minimum Gasteiger partial charge on any atom is -0.326 e. The second-order valence-electron chi connectivity index (χ2n) is 6.15. The van der Waals surface area contributed by atoms with Gasteiger partial charge in [-0.2, -0.15) is 13.2 Å². The number of fused-ring (bicyclic) bond motifs is 1. The average Bonchev–Trinajstić information content (AvgIpc) is 2.54. The Hall–Kier alpha value is -2.04. The molecular formula is C18H18F3NO. The van der Waals surface area contributed by atoms with Crippen LogP contribution in [-0.4, -0.2) is 12.1 Å². The molecule has 5 heteroatoms. The molecule has 2 aromatic rings. The van der Waals surface area contributed by atoms with Crippen LogP contribution in [0, 0.1) is 11.8 Å². The average molecular weight is 321 g/mol. The normalized spacial score (nSPS) is 22.0. The fourth-order valence-corrected chi connectivity index (χ4v) is 3.24. The number of alkyl halides is 3. The Bertz CT molecular complexity index is 711. The summed E-state index contributed by atoms with van der Waals surface area (Å²) in [7, 11) is 0. The van der Waals surface area contributed by atoms with Gasteiger partial charge in [0.1, 0.15) is 0 Å². The molecule has 2 unspecified atom stereocenters. The van der Waals surface area contributed by atoms with Gasteiger partial charge in [-0.05, 0) is 42.2 Å². The van der Waals surface area contributed by atoms with E-state index in [1.54, 1.807) is 6.07 Å². The molecule has 3 rings (SSSR count). The van der Waals surface area contributed by atoms with Crippen LogP contribution >= 0.6 is 0 Å². The summed E-state index contributed by atoms with van der Waals surface area (Å²) in [5, 5.41) is 4.81. The minimum absolute atomic E-state index is 0.108. The van der Waals surface area contributed by atoms with Gasteiger partial charge in [-0.1, -0.05) is 36.8 Å². The Morgan fingerprint density at radius 1 is 1.04 bits per heavy atom. The SMILES string of the molecule is O=C(Nc1ccc2ccccc2c1)C1CCCC(C(F)(F)F)C1. The van der Waals surface area contributed by atoms with E-state index in [0.717, 1.165) is 10.8 Å². The van der Waals surface area contributed by atoms with Crippen molar-refractivity contribution in [3.63, 3.8) is 0 Å². The number of carbonyl (C=O) groups excluding carboxylic acids is 1. The topological polar surface area (TPSA) is 29.1 Å². The van der Waals surface area contributed by atoms with E-state index in [9.17, 15) is 18.0 Å². The lowest BCUT2D eigenvalue weighted by atomic mass is 9.80. The molecule has 2 nitrogen and oxygen atoms in total. The smallest absolute Gasteiger partial charge is 0.326 e. The summed E-state index contributed by atoms with van der Waals surface area (Å²) < 4.78 is 38.5. The number of hydrogen-bond acceptors (Lipinski definition) is 1. The van der Waals surface area contributed by atoms with E-state index in [1.165, 1.54) is 0 Å². The van der Waals surface area contributed by atoms with Gasteiger partial charge in [-0.3, -0.25) is 4.79 Å². The number of nitrogens with one attached hydrogen (secondary N) is 1. The molecule has 1 fully saturated rings. The molecule has 0 spiro atoms. The largest absolute Gasteiger partial charge is 0.391 e. The molecule has 0 aromatic heterocycles. The summed E-state index contributed by atoms with van der Waals surface area (Å²) in [6.07, 6.45) is -3.22. The van der Waals surface area contributed by atoms with Crippen molar-refractivity contribution >= 4 is 22.4 Å². The van der Waals surface area contributed by atoms with Gasteiger partial charge in [-0.15, -0.1) is 0 Å². The fraction of sp³-hybridized carbons (Fsp3) is 0.389. The standard InChI is InChI=1S/C18H18F3NO/c19-18(20,21)15-7-3-6-14(10-15)17(23)22-16-9-8-12-4-1-2-5-13(12)11-16/h1-2,4-5,8-9,11,14-15H,3,6-7,10H2,(H,22,23). The van der Waals surface area contributed by atoms with Gasteiger partial charge in [0.25, 0.3) is 0 Å². The first-order valence-electron chi connectivity index (χ1n) is 7.80. The summed E-state index contributed by atoms with van der Waals surface area (Å²) >= 11 is 0. The Morgan fingerprint density at radius 2 is 1.78 bits per heavy atom. The second-order valence-corrected chi connectivity index (χ2v) is 6.15. The van der Waals surface area contributed by atoms with Crippen LogP contribution in [0.15, 0.2) is 42.5 Å². The molecule has 0 radical (unpaired) electrons. The van der Waals surface area contributed by atoms with Crippen molar-refractivity contribution in [2.45, 2.75) is 31.9 Å². The summed E-state index contributed by atoms with van der Waals surface area (Å²) in [5.41, 5.74) is 0.628. The Labute approximate surface area is 132 Å². The number of anilines is 1. The summed E-state index contributed by atoms with van der Waals surface area (Å²) in [6.45, 7) is 0. The monoisotopic (exact) mass is 321 g/mol. The Morgan fingerprint density at radius 3 is 2.52 bits per heavy atom. The summed E-state index contributed by atoms with van der Waals surface area (Å²) in [4.78, 5) is 12.3. The molecule has 23 heavy (non-hydrogen) atoms. The number of benzene rings is 2. The van der Waals surface area contributed by atoms with Crippen LogP contribution in [0.5, 0.6) is 0 Å². The molecule has 0 bridgehead atoms. The first-order valence-corrected chi connectivity index (χ1v) is 7.80. The van der Waals surface area contributed by atoms with Crippen molar-refractivity contribution in [2.75, 3.05) is 5.32 Å². The van der Waals surface area contributed by atoms with Gasteiger partial charge in [0, 0.05) is 11.6 Å². The maximum Gasteiger partial charge on any atom is 0.391 e. The van der Waals surface area contributed by atoms with E-state index in [4.69, 9.17) is 0 Å². The fourth-order valence-electron chi connectivity index (χ4n) is 3.24. The van der Waals surface area contributed by atoms with Crippen LogP contribution in [0.2, 0.25) is 0 Å². The highest BCUT2D eigenvalue weighted by atomic mass is 19.4. The third-order valence-electron chi connectivity index (χ3n) is 4.52. The summed E-state index contributed by atoms with van der Waals surface area (Å²) in [6, 6.07) is 13.3. The highest BCUT2D eigenvalue weighted by Crippen LogP contribution is 2.40. The quantitative estimate of drug-likeness (QED) is 0.814. The molecule has 2 aromatic carbocycles. The van der Waals surface area contributed by atoms with E-state index >= 15 is 0 Å². The van der Waals surface area contributed by atoms with Gasteiger partial charge >= 0.3 is 6.18 Å². The minimum atomic E-state index is -4.21. The van der Waals surface area contributed by atoms with E-state index in [2.05, 4.69) is 5.32 Å². The maximum atomic E-state index is 12.8. The predicted octanol–water partition coefficient (Wildman–Crippen LogP) is 5.15. The molecule has 1 aliphatic carbocycles. The van der Waals surface area contributed by atoms with Crippen molar-refractivity contribution in [2.24, 2.45) is 11.8 Å². The van der Waals surface area contributed by atoms with E-state index < -0.39 is 18.0 Å². The zero-order valence-electron chi connectivity index (χ0n) is 12.6. The second kappa shape index (κ2) is 6.22. The number of rotatable bonds is 2. The molecule has 122 valence electrons. The Balaban J connectivity index is 1.70. The van der Waals surface area contributed by atoms with Gasteiger partial charge in [0.2, 0.25) is 5.91 Å². The van der Waals surface area contributed by atoms with Crippen molar-refractivity contribution in [1.29, 1.82) is 0 Å². The molecule has 1 aliphatic rings. The van der Waals surface area contributed by atoms with Crippen LogP contribution in [0.25, 0.3) is 10.8 Å². The molecule has 1 saturated carbocycles. The summed E-state index contributed by atoms with van der Waals surface area (Å²) in [5.74, 6) is -2.24. The van der Waals surface area contributed by atoms with Crippen molar-refractivity contribution in [1.82, 2.24) is 0 Å². The van der Waals surface area contributed by atoms with Gasteiger partial charge in [0.15, 0.2) is 0 Å². The van der Waals surface area contributed by atoms with Crippen molar-refractivity contribution in [3.8, 4) is 0 Å². The third kappa shape index (κ3) is 3.66. The number of halogens is 3. The lowest BCUT2D eigenvalue weighted by Crippen LogP contribution is -2.34. The van der Waals surface area contributed by atoms with Gasteiger partial charge in [0.05, 0.1) is 5.92 Å². The third-order valence-corrected chi connectivity index (χ3v) is 4.52. The van der Waals surface area contributed by atoms with E-state index in [-0.39, 0.29) is 18.7 Å². The van der Waals surface area contributed by atoms with Crippen LogP contribution in [0.3, 0.4) is 0 Å². The van der Waals surface area contributed by atoms with Crippen molar-refractivity contribution < 1.29 is 18.0 Å². The van der Waals surface area contributed by atoms with Crippen LogP contribution in [0.4, 0.5) is 18.9 Å². The number of amides is 1. The first-order chi connectivity index (χ1) is 10.9. The lowest BCUT2D eigenvalue weighted by molar-refractivity contribution is -0.185. The molecule has 0 aliphatic heterocycles. The Kier molecular flexibility index (Phi) is 4.28. The van der Waals surface area contributed by atoms with Crippen molar-refractivity contribution in [3.05, 3.63) is 42.5 Å².